The molecular weight excluding hydrogens is 406 g/mol. The minimum Gasteiger partial charge on any atom is -0.493 e. The van der Waals surface area contributed by atoms with E-state index in [-0.39, 0.29) is 21.4 Å². The predicted molar refractivity (Wildman–Crippen MR) is 102 cm³/mol. The van der Waals surface area contributed by atoms with Crippen LogP contribution in [0.5, 0.6) is 11.5 Å². The number of carbonyl (C=O) groups is 1. The monoisotopic (exact) mass is 418 g/mol. The first-order valence-electron chi connectivity index (χ1n) is 7.27. The van der Waals surface area contributed by atoms with Gasteiger partial charge in [0.2, 0.25) is 0 Å². The van der Waals surface area contributed by atoms with Crippen molar-refractivity contribution in [3.8, 4) is 11.5 Å². The molecule has 0 radical (unpaired) electrons. The molecule has 1 fully saturated rings. The van der Waals surface area contributed by atoms with Crippen LogP contribution in [0, 0.1) is 5.82 Å². The molecule has 0 aromatic heterocycles. The van der Waals surface area contributed by atoms with E-state index in [9.17, 15) is 9.18 Å². The summed E-state index contributed by atoms with van der Waals surface area (Å²) in [5.74, 6) is 1.37. The van der Waals surface area contributed by atoms with Gasteiger partial charge in [0, 0.05) is 11.5 Å². The van der Waals surface area contributed by atoms with Gasteiger partial charge in [-0.15, -0.1) is 23.5 Å². The molecule has 1 saturated heterocycles. The zero-order chi connectivity index (χ0) is 18.0. The number of hydrogen-bond acceptors (Lipinski definition) is 5. The number of ether oxygens (including phenoxy) is 2. The summed E-state index contributed by atoms with van der Waals surface area (Å²) in [5.41, 5.74) is 0.997. The molecule has 3 nitrogen and oxygen atoms in total. The van der Waals surface area contributed by atoms with Crippen molar-refractivity contribution in [3.05, 3.63) is 57.3 Å². The van der Waals surface area contributed by atoms with E-state index in [4.69, 9.17) is 32.7 Å². The Hall–Kier alpha value is -1.08. The maximum absolute atomic E-state index is 13.6. The summed E-state index contributed by atoms with van der Waals surface area (Å²) in [7, 11) is 1.50. The van der Waals surface area contributed by atoms with E-state index in [1.807, 2.05) is 35.7 Å². The maximum atomic E-state index is 13.6. The summed E-state index contributed by atoms with van der Waals surface area (Å²) in [5, 5.41) is -0.138. The molecule has 1 aliphatic heterocycles. The second-order valence-corrected chi connectivity index (χ2v) is 8.66. The van der Waals surface area contributed by atoms with Gasteiger partial charge in [-0.1, -0.05) is 29.3 Å². The number of carbonyl (C=O) groups excluding carboxylic acids is 1. The molecular formula is C17H13Cl2FO3S2. The Labute approximate surface area is 163 Å². The highest BCUT2D eigenvalue weighted by molar-refractivity contribution is 8.19. The molecule has 0 bridgehead atoms. The number of esters is 1. The fourth-order valence-electron chi connectivity index (χ4n) is 2.30. The van der Waals surface area contributed by atoms with Crippen LogP contribution in [-0.2, 0) is 0 Å². The fraction of sp³-hybridized carbons (Fsp3) is 0.235. The first-order chi connectivity index (χ1) is 12.0. The molecule has 0 unspecified atom stereocenters. The Balaban J connectivity index is 1.84. The van der Waals surface area contributed by atoms with E-state index in [2.05, 4.69) is 0 Å². The van der Waals surface area contributed by atoms with Crippen LogP contribution in [0.3, 0.4) is 0 Å². The van der Waals surface area contributed by atoms with E-state index in [0.717, 1.165) is 23.1 Å². The smallest absolute Gasteiger partial charge is 0.345 e. The number of methoxy groups -OCH3 is 1. The van der Waals surface area contributed by atoms with Crippen LogP contribution in [0.4, 0.5) is 4.39 Å². The van der Waals surface area contributed by atoms with E-state index in [1.165, 1.54) is 13.2 Å². The summed E-state index contributed by atoms with van der Waals surface area (Å²) in [6, 6.07) is 7.54. The van der Waals surface area contributed by atoms with Gasteiger partial charge in [-0.2, -0.15) is 0 Å². The number of thioether (sulfide) groups is 2. The molecule has 0 aliphatic carbocycles. The minimum absolute atomic E-state index is 0.0192. The Morgan fingerprint density at radius 3 is 2.52 bits per heavy atom. The highest BCUT2D eigenvalue weighted by Gasteiger charge is 2.22. The van der Waals surface area contributed by atoms with Crippen LogP contribution < -0.4 is 9.47 Å². The highest BCUT2D eigenvalue weighted by Crippen LogP contribution is 2.47. The maximum Gasteiger partial charge on any atom is 0.345 e. The van der Waals surface area contributed by atoms with Crippen molar-refractivity contribution in [1.29, 1.82) is 0 Å². The normalized spacial score (nSPS) is 14.6. The van der Waals surface area contributed by atoms with Gasteiger partial charge in [-0.3, -0.25) is 0 Å². The van der Waals surface area contributed by atoms with Gasteiger partial charge < -0.3 is 9.47 Å². The molecule has 2 aromatic carbocycles. The van der Waals surface area contributed by atoms with Gasteiger partial charge in [-0.05, 0) is 29.8 Å². The van der Waals surface area contributed by atoms with Crippen LogP contribution in [0.2, 0.25) is 10.0 Å². The number of benzene rings is 2. The number of hydrogen-bond donors (Lipinski definition) is 0. The summed E-state index contributed by atoms with van der Waals surface area (Å²) in [6.45, 7) is 0. The van der Waals surface area contributed by atoms with Crippen molar-refractivity contribution in [3.63, 3.8) is 0 Å². The van der Waals surface area contributed by atoms with Gasteiger partial charge in [0.1, 0.15) is 5.82 Å². The third-order valence-corrected chi connectivity index (χ3v) is 7.22. The van der Waals surface area contributed by atoms with Gasteiger partial charge in [0.15, 0.2) is 11.5 Å². The van der Waals surface area contributed by atoms with Crippen LogP contribution in [0.25, 0.3) is 0 Å². The van der Waals surface area contributed by atoms with Gasteiger partial charge in [-0.25, -0.2) is 9.18 Å². The average molecular weight is 419 g/mol. The predicted octanol–water partition coefficient (Wildman–Crippen LogP) is 5.84. The molecule has 0 N–H and O–H groups in total. The zero-order valence-corrected chi connectivity index (χ0v) is 16.2. The van der Waals surface area contributed by atoms with Crippen LogP contribution >= 0.6 is 46.7 Å². The van der Waals surface area contributed by atoms with Crippen molar-refractivity contribution in [2.75, 3.05) is 18.6 Å². The molecule has 132 valence electrons. The van der Waals surface area contributed by atoms with Crippen molar-refractivity contribution >= 4 is 52.7 Å². The van der Waals surface area contributed by atoms with Crippen molar-refractivity contribution in [1.82, 2.24) is 0 Å². The summed E-state index contributed by atoms with van der Waals surface area (Å²) >= 11 is 15.3. The molecule has 2 aromatic rings. The van der Waals surface area contributed by atoms with Crippen molar-refractivity contribution < 1.29 is 18.7 Å². The standard InChI is InChI=1S/C17H13Cl2FO3S2/c1-22-15-6-9(17-24-4-5-25-17)2-3-14(15)23-16(21)10-7-13(20)12(19)8-11(10)18/h2-3,6-8,17H,4-5H2,1H3. The van der Waals surface area contributed by atoms with Gasteiger partial charge in [0.05, 0.1) is 27.3 Å². The van der Waals surface area contributed by atoms with Crippen LogP contribution in [0.1, 0.15) is 20.5 Å². The first-order valence-corrected chi connectivity index (χ1v) is 10.1. The molecule has 25 heavy (non-hydrogen) atoms. The largest absolute Gasteiger partial charge is 0.493 e. The van der Waals surface area contributed by atoms with Crippen LogP contribution in [0.15, 0.2) is 30.3 Å². The molecule has 0 atom stereocenters. The third-order valence-electron chi connectivity index (χ3n) is 3.51. The molecule has 0 saturated carbocycles. The lowest BCUT2D eigenvalue weighted by molar-refractivity contribution is 0.0729. The Kier molecular flexibility index (Phi) is 6.04. The van der Waals surface area contributed by atoms with Crippen molar-refractivity contribution in [2.45, 2.75) is 4.58 Å². The van der Waals surface area contributed by atoms with Crippen molar-refractivity contribution in [2.24, 2.45) is 0 Å². The van der Waals surface area contributed by atoms with E-state index >= 15 is 0 Å². The summed E-state index contributed by atoms with van der Waals surface area (Å²) < 4.78 is 24.6. The Morgan fingerprint density at radius 1 is 1.12 bits per heavy atom. The van der Waals surface area contributed by atoms with E-state index in [1.54, 1.807) is 6.07 Å². The second-order valence-electron chi connectivity index (χ2n) is 5.12. The van der Waals surface area contributed by atoms with Crippen LogP contribution in [-0.4, -0.2) is 24.6 Å². The lowest BCUT2D eigenvalue weighted by atomic mass is 10.2. The Bertz CT molecular complexity index is 811. The summed E-state index contributed by atoms with van der Waals surface area (Å²) in [4.78, 5) is 12.3. The SMILES string of the molecule is COc1cc(C2SCCS2)ccc1OC(=O)c1cc(F)c(Cl)cc1Cl. The first kappa shape index (κ1) is 18.7. The number of halogens is 3. The molecule has 1 heterocycles. The fourth-order valence-corrected chi connectivity index (χ4v) is 5.60. The zero-order valence-electron chi connectivity index (χ0n) is 13.1. The lowest BCUT2D eigenvalue weighted by Gasteiger charge is -2.14. The molecule has 3 rings (SSSR count). The minimum atomic E-state index is -0.781. The molecule has 0 amide bonds. The average Bonchev–Trinajstić information content (AvgIpc) is 3.13. The molecule has 8 heteroatoms. The number of rotatable bonds is 4. The van der Waals surface area contributed by atoms with Gasteiger partial charge >= 0.3 is 5.97 Å². The highest BCUT2D eigenvalue weighted by atomic mass is 35.5. The van der Waals surface area contributed by atoms with E-state index in [0.29, 0.717) is 10.3 Å². The third kappa shape index (κ3) is 4.19. The van der Waals surface area contributed by atoms with Gasteiger partial charge in [0.25, 0.3) is 0 Å². The lowest BCUT2D eigenvalue weighted by Crippen LogP contribution is -2.10. The Morgan fingerprint density at radius 2 is 1.84 bits per heavy atom. The molecule has 1 aliphatic rings. The van der Waals surface area contributed by atoms with E-state index < -0.39 is 11.8 Å². The second kappa shape index (κ2) is 8.08. The summed E-state index contributed by atoms with van der Waals surface area (Å²) in [6.07, 6.45) is 0. The quantitative estimate of drug-likeness (QED) is 0.354. The topological polar surface area (TPSA) is 35.5 Å². The molecule has 0 spiro atoms.